The van der Waals surface area contributed by atoms with Gasteiger partial charge in [-0.15, -0.1) is 0 Å². The molecule has 2 saturated heterocycles. The molecule has 0 aromatic rings. The Morgan fingerprint density at radius 1 is 1.50 bits per heavy atom. The lowest BCUT2D eigenvalue weighted by atomic mass is 10.0. The predicted octanol–water partition coefficient (Wildman–Crippen LogP) is 0.570. The number of carboxylic acids is 1. The second kappa shape index (κ2) is 3.87. The van der Waals surface area contributed by atoms with Crippen molar-refractivity contribution in [2.75, 3.05) is 19.8 Å². The van der Waals surface area contributed by atoms with Gasteiger partial charge in [0, 0.05) is 18.7 Å². The topological polar surface area (TPSA) is 49.8 Å². The third-order valence-corrected chi connectivity index (χ3v) is 3.50. The molecule has 2 fully saturated rings. The Kier molecular flexibility index (Phi) is 2.74. The molecule has 3 atom stereocenters. The van der Waals surface area contributed by atoms with Gasteiger partial charge in [-0.1, -0.05) is 0 Å². The number of carbonyl (C=O) groups is 1. The van der Waals surface area contributed by atoms with Crippen molar-refractivity contribution in [1.82, 2.24) is 4.90 Å². The lowest BCUT2D eigenvalue weighted by Gasteiger charge is -2.28. The van der Waals surface area contributed by atoms with Crippen LogP contribution in [-0.4, -0.2) is 47.8 Å². The zero-order valence-electron chi connectivity index (χ0n) is 8.48. The summed E-state index contributed by atoms with van der Waals surface area (Å²) in [7, 11) is 0. The third-order valence-electron chi connectivity index (χ3n) is 3.50. The zero-order chi connectivity index (χ0) is 10.1. The minimum Gasteiger partial charge on any atom is -0.481 e. The fourth-order valence-corrected chi connectivity index (χ4v) is 2.59. The molecule has 2 heterocycles. The van der Waals surface area contributed by atoms with Crippen molar-refractivity contribution in [2.45, 2.75) is 31.8 Å². The number of hydrogen-bond donors (Lipinski definition) is 1. The number of carboxylic acid groups (broad SMARTS) is 1. The van der Waals surface area contributed by atoms with Crippen molar-refractivity contribution in [2.24, 2.45) is 5.92 Å². The van der Waals surface area contributed by atoms with E-state index >= 15 is 0 Å². The maximum atomic E-state index is 10.9. The van der Waals surface area contributed by atoms with Gasteiger partial charge in [-0.2, -0.15) is 0 Å². The second-order valence-electron chi connectivity index (χ2n) is 4.23. The quantitative estimate of drug-likeness (QED) is 0.706. The van der Waals surface area contributed by atoms with Gasteiger partial charge in [0.15, 0.2) is 0 Å². The van der Waals surface area contributed by atoms with Gasteiger partial charge in [-0.05, 0) is 26.3 Å². The monoisotopic (exact) mass is 199 g/mol. The summed E-state index contributed by atoms with van der Waals surface area (Å²) in [5.41, 5.74) is 0. The molecule has 0 saturated carbocycles. The molecule has 0 amide bonds. The summed E-state index contributed by atoms with van der Waals surface area (Å²) >= 11 is 0. The first-order chi connectivity index (χ1) is 6.70. The van der Waals surface area contributed by atoms with Crippen molar-refractivity contribution < 1.29 is 14.6 Å². The van der Waals surface area contributed by atoms with Crippen LogP contribution in [0.5, 0.6) is 0 Å². The second-order valence-corrected chi connectivity index (χ2v) is 4.23. The predicted molar refractivity (Wildman–Crippen MR) is 51.1 cm³/mol. The average molecular weight is 199 g/mol. The Balaban J connectivity index is 1.98. The van der Waals surface area contributed by atoms with Gasteiger partial charge in [0.05, 0.1) is 12.5 Å². The maximum Gasteiger partial charge on any atom is 0.308 e. The highest BCUT2D eigenvalue weighted by Gasteiger charge is 2.39. The molecule has 0 aliphatic carbocycles. The molecule has 0 aromatic carbocycles. The van der Waals surface area contributed by atoms with Crippen LogP contribution in [0, 0.1) is 5.92 Å². The Bertz CT molecular complexity index is 225. The fraction of sp³-hybridized carbons (Fsp3) is 0.900. The molecule has 4 nitrogen and oxygen atoms in total. The molecule has 0 radical (unpaired) electrons. The Labute approximate surface area is 83.8 Å². The van der Waals surface area contributed by atoms with Gasteiger partial charge in [0.1, 0.15) is 0 Å². The number of likely N-dealkylation sites (tertiary alicyclic amines) is 1. The SMILES string of the molecule is CC1C(C(=O)O)CCN1C1CCOC1. The molecule has 4 heteroatoms. The highest BCUT2D eigenvalue weighted by molar-refractivity contribution is 5.71. The maximum absolute atomic E-state index is 10.9. The van der Waals surface area contributed by atoms with Crippen LogP contribution in [-0.2, 0) is 9.53 Å². The standard InChI is InChI=1S/C10H17NO3/c1-7-9(10(12)13)2-4-11(7)8-3-5-14-6-8/h7-9H,2-6H2,1H3,(H,12,13). The van der Waals surface area contributed by atoms with E-state index in [1.165, 1.54) is 0 Å². The molecule has 1 N–H and O–H groups in total. The largest absolute Gasteiger partial charge is 0.481 e. The van der Waals surface area contributed by atoms with Crippen LogP contribution in [0.2, 0.25) is 0 Å². The summed E-state index contributed by atoms with van der Waals surface area (Å²) < 4.78 is 5.32. The van der Waals surface area contributed by atoms with Crippen LogP contribution < -0.4 is 0 Å². The lowest BCUT2D eigenvalue weighted by molar-refractivity contribution is -0.142. The van der Waals surface area contributed by atoms with E-state index in [0.29, 0.717) is 6.04 Å². The number of aliphatic carboxylic acids is 1. The number of rotatable bonds is 2. The number of nitrogens with zero attached hydrogens (tertiary/aromatic N) is 1. The van der Waals surface area contributed by atoms with Gasteiger partial charge in [-0.25, -0.2) is 0 Å². The van der Waals surface area contributed by atoms with Crippen LogP contribution in [0.15, 0.2) is 0 Å². The molecule has 0 spiro atoms. The first-order valence-corrected chi connectivity index (χ1v) is 5.26. The van der Waals surface area contributed by atoms with E-state index in [0.717, 1.165) is 32.6 Å². The molecule has 14 heavy (non-hydrogen) atoms. The van der Waals surface area contributed by atoms with Crippen LogP contribution in [0.3, 0.4) is 0 Å². The highest BCUT2D eigenvalue weighted by atomic mass is 16.5. The van der Waals surface area contributed by atoms with Crippen molar-refractivity contribution in [3.63, 3.8) is 0 Å². The summed E-state index contributed by atoms with van der Waals surface area (Å²) in [5, 5.41) is 8.99. The van der Waals surface area contributed by atoms with E-state index in [-0.39, 0.29) is 12.0 Å². The first kappa shape index (κ1) is 9.93. The van der Waals surface area contributed by atoms with Gasteiger partial charge in [0.2, 0.25) is 0 Å². The van der Waals surface area contributed by atoms with Crippen molar-refractivity contribution in [3.8, 4) is 0 Å². The van der Waals surface area contributed by atoms with E-state index in [1.807, 2.05) is 6.92 Å². The summed E-state index contributed by atoms with van der Waals surface area (Å²) in [4.78, 5) is 13.2. The molecule has 2 rings (SSSR count). The molecular formula is C10H17NO3. The van der Waals surface area contributed by atoms with Crippen LogP contribution in [0.25, 0.3) is 0 Å². The summed E-state index contributed by atoms with van der Waals surface area (Å²) in [5.74, 6) is -0.838. The van der Waals surface area contributed by atoms with E-state index in [2.05, 4.69) is 4.90 Å². The van der Waals surface area contributed by atoms with Crippen molar-refractivity contribution in [3.05, 3.63) is 0 Å². The molecular weight excluding hydrogens is 182 g/mol. The summed E-state index contributed by atoms with van der Waals surface area (Å²) in [6, 6.07) is 0.619. The van der Waals surface area contributed by atoms with E-state index in [4.69, 9.17) is 9.84 Å². The Morgan fingerprint density at radius 3 is 2.79 bits per heavy atom. The molecule has 80 valence electrons. The minimum absolute atomic E-state index is 0.166. The van der Waals surface area contributed by atoms with Gasteiger partial charge < -0.3 is 9.84 Å². The Hall–Kier alpha value is -0.610. The summed E-state index contributed by atoms with van der Waals surface area (Å²) in [6.45, 7) is 4.53. The molecule has 0 bridgehead atoms. The molecule has 3 unspecified atom stereocenters. The van der Waals surface area contributed by atoms with Crippen molar-refractivity contribution >= 4 is 5.97 Å². The van der Waals surface area contributed by atoms with Gasteiger partial charge >= 0.3 is 5.97 Å². The normalized spacial score (nSPS) is 39.1. The van der Waals surface area contributed by atoms with E-state index in [9.17, 15) is 4.79 Å². The van der Waals surface area contributed by atoms with Gasteiger partial charge in [-0.3, -0.25) is 9.69 Å². The molecule has 2 aliphatic rings. The average Bonchev–Trinajstić information content (AvgIpc) is 2.71. The smallest absolute Gasteiger partial charge is 0.308 e. The van der Waals surface area contributed by atoms with E-state index < -0.39 is 5.97 Å². The van der Waals surface area contributed by atoms with Crippen LogP contribution in [0.4, 0.5) is 0 Å². The molecule has 0 aromatic heterocycles. The number of hydrogen-bond acceptors (Lipinski definition) is 3. The minimum atomic E-state index is -0.654. The van der Waals surface area contributed by atoms with Gasteiger partial charge in [0.25, 0.3) is 0 Å². The number of ether oxygens (including phenoxy) is 1. The van der Waals surface area contributed by atoms with Crippen LogP contribution in [0.1, 0.15) is 19.8 Å². The van der Waals surface area contributed by atoms with Crippen LogP contribution >= 0.6 is 0 Å². The van der Waals surface area contributed by atoms with E-state index in [1.54, 1.807) is 0 Å². The first-order valence-electron chi connectivity index (χ1n) is 5.26. The Morgan fingerprint density at radius 2 is 2.29 bits per heavy atom. The third kappa shape index (κ3) is 1.64. The fourth-order valence-electron chi connectivity index (χ4n) is 2.59. The molecule has 2 aliphatic heterocycles. The summed E-state index contributed by atoms with van der Waals surface area (Å²) in [6.07, 6.45) is 1.84. The zero-order valence-corrected chi connectivity index (χ0v) is 8.48. The lowest BCUT2D eigenvalue weighted by Crippen LogP contribution is -2.40. The highest BCUT2D eigenvalue weighted by Crippen LogP contribution is 2.28. The van der Waals surface area contributed by atoms with Crippen molar-refractivity contribution in [1.29, 1.82) is 0 Å².